The molecule has 1 atom stereocenters. The van der Waals surface area contributed by atoms with Gasteiger partial charge in [0.1, 0.15) is 5.82 Å². The molecule has 0 amide bonds. The number of nitrogens with two attached hydrogens (primary N) is 1. The molecule has 0 fully saturated rings. The number of aromatic nitrogens is 3. The van der Waals surface area contributed by atoms with Crippen LogP contribution < -0.4 is 5.73 Å². The molecule has 0 spiro atoms. The van der Waals surface area contributed by atoms with Crippen LogP contribution in [0.5, 0.6) is 0 Å². The van der Waals surface area contributed by atoms with E-state index in [2.05, 4.69) is 15.2 Å². The molecule has 0 radical (unpaired) electrons. The van der Waals surface area contributed by atoms with Crippen molar-refractivity contribution in [3.63, 3.8) is 0 Å². The van der Waals surface area contributed by atoms with Gasteiger partial charge in [-0.1, -0.05) is 20.8 Å². The van der Waals surface area contributed by atoms with Crippen LogP contribution >= 0.6 is 0 Å². The first-order valence-corrected chi connectivity index (χ1v) is 4.37. The fourth-order valence-corrected chi connectivity index (χ4v) is 0.950. The quantitative estimate of drug-likeness (QED) is 0.762. The van der Waals surface area contributed by atoms with Crippen molar-refractivity contribution in [1.29, 1.82) is 0 Å². The second-order valence-electron chi connectivity index (χ2n) is 4.39. The predicted octanol–water partition coefficient (Wildman–Crippen LogP) is 1.87. The van der Waals surface area contributed by atoms with E-state index in [9.17, 15) is 13.2 Å². The highest BCUT2D eigenvalue weighted by Crippen LogP contribution is 2.31. The summed E-state index contributed by atoms with van der Waals surface area (Å²) < 4.78 is 36.5. The van der Waals surface area contributed by atoms with Crippen LogP contribution in [0.25, 0.3) is 0 Å². The van der Waals surface area contributed by atoms with Crippen molar-refractivity contribution in [2.75, 3.05) is 0 Å². The summed E-state index contributed by atoms with van der Waals surface area (Å²) in [6.45, 7) is 5.44. The topological polar surface area (TPSA) is 67.6 Å². The summed E-state index contributed by atoms with van der Waals surface area (Å²) in [5.41, 5.74) is 5.35. The molecule has 0 bridgehead atoms. The van der Waals surface area contributed by atoms with Gasteiger partial charge in [-0.3, -0.25) is 5.10 Å². The van der Waals surface area contributed by atoms with Crippen LogP contribution in [-0.2, 0) is 6.18 Å². The third kappa shape index (κ3) is 2.68. The Morgan fingerprint density at radius 1 is 1.27 bits per heavy atom. The summed E-state index contributed by atoms with van der Waals surface area (Å²) >= 11 is 0. The zero-order valence-corrected chi connectivity index (χ0v) is 8.68. The van der Waals surface area contributed by atoms with Gasteiger partial charge < -0.3 is 5.73 Å². The summed E-state index contributed by atoms with van der Waals surface area (Å²) in [4.78, 5) is 3.33. The standard InChI is InChI=1S/C8H13F3N4/c1-7(2,3)4(12)5-13-6(15-14-5)8(9,10)11/h4H,12H2,1-3H3,(H,13,14,15). The predicted molar refractivity (Wildman–Crippen MR) is 47.8 cm³/mol. The second-order valence-corrected chi connectivity index (χ2v) is 4.39. The smallest absolute Gasteiger partial charge is 0.321 e. The molecular formula is C8H13F3N4. The Bertz CT molecular complexity index is 336. The fraction of sp³-hybridized carbons (Fsp3) is 0.750. The molecule has 7 heteroatoms. The van der Waals surface area contributed by atoms with Crippen LogP contribution in [0.2, 0.25) is 0 Å². The van der Waals surface area contributed by atoms with Crippen molar-refractivity contribution < 1.29 is 13.2 Å². The minimum atomic E-state index is -4.54. The summed E-state index contributed by atoms with van der Waals surface area (Å²) in [5.74, 6) is -1.13. The highest BCUT2D eigenvalue weighted by Gasteiger charge is 2.37. The van der Waals surface area contributed by atoms with Gasteiger partial charge in [0.25, 0.3) is 5.82 Å². The summed E-state index contributed by atoms with van der Waals surface area (Å²) in [6, 6.07) is -0.610. The first-order valence-electron chi connectivity index (χ1n) is 4.37. The van der Waals surface area contributed by atoms with Crippen molar-refractivity contribution in [3.8, 4) is 0 Å². The Kier molecular flexibility index (Phi) is 2.77. The zero-order chi connectivity index (χ0) is 11.9. The minimum Gasteiger partial charge on any atom is -0.321 e. The van der Waals surface area contributed by atoms with Gasteiger partial charge in [-0.2, -0.15) is 13.2 Å². The van der Waals surface area contributed by atoms with Crippen molar-refractivity contribution in [2.45, 2.75) is 33.0 Å². The van der Waals surface area contributed by atoms with E-state index >= 15 is 0 Å². The molecule has 1 aromatic heterocycles. The van der Waals surface area contributed by atoms with Gasteiger partial charge in [0.05, 0.1) is 6.04 Å². The lowest BCUT2D eigenvalue weighted by molar-refractivity contribution is -0.144. The van der Waals surface area contributed by atoms with Gasteiger partial charge in [-0.05, 0) is 5.41 Å². The molecule has 4 nitrogen and oxygen atoms in total. The van der Waals surface area contributed by atoms with E-state index in [0.717, 1.165) is 0 Å². The Balaban J connectivity index is 2.95. The molecule has 0 saturated heterocycles. The van der Waals surface area contributed by atoms with E-state index in [1.165, 1.54) is 0 Å². The van der Waals surface area contributed by atoms with Crippen molar-refractivity contribution >= 4 is 0 Å². The number of nitrogens with zero attached hydrogens (tertiary/aromatic N) is 2. The first kappa shape index (κ1) is 12.0. The maximum Gasteiger partial charge on any atom is 0.453 e. The number of aromatic amines is 1. The highest BCUT2D eigenvalue weighted by molar-refractivity contribution is 5.01. The van der Waals surface area contributed by atoms with Gasteiger partial charge in [-0.25, -0.2) is 4.98 Å². The SMILES string of the molecule is CC(C)(C)C(N)c1nc(C(F)(F)F)n[nH]1. The normalized spacial score (nSPS) is 15.4. The number of alkyl halides is 3. The molecule has 1 unspecified atom stereocenters. The van der Waals surface area contributed by atoms with Gasteiger partial charge >= 0.3 is 6.18 Å². The molecule has 1 rings (SSSR count). The fourth-order valence-electron chi connectivity index (χ4n) is 0.950. The average molecular weight is 222 g/mol. The Morgan fingerprint density at radius 3 is 2.13 bits per heavy atom. The van der Waals surface area contributed by atoms with Crippen molar-refractivity contribution in [1.82, 2.24) is 15.2 Å². The van der Waals surface area contributed by atoms with Crippen LogP contribution in [0, 0.1) is 5.41 Å². The third-order valence-corrected chi connectivity index (χ3v) is 1.98. The van der Waals surface area contributed by atoms with Crippen LogP contribution in [0.3, 0.4) is 0 Å². The minimum absolute atomic E-state index is 0.0508. The number of nitrogens with one attached hydrogen (secondary N) is 1. The summed E-state index contributed by atoms with van der Waals surface area (Å²) in [6.07, 6.45) is -4.54. The summed E-state index contributed by atoms with van der Waals surface area (Å²) in [7, 11) is 0. The monoisotopic (exact) mass is 222 g/mol. The molecule has 0 aliphatic heterocycles. The van der Waals surface area contributed by atoms with Crippen molar-refractivity contribution in [2.24, 2.45) is 11.1 Å². The molecular weight excluding hydrogens is 209 g/mol. The Morgan fingerprint density at radius 2 is 1.80 bits per heavy atom. The maximum atomic E-state index is 12.2. The highest BCUT2D eigenvalue weighted by atomic mass is 19.4. The zero-order valence-electron chi connectivity index (χ0n) is 8.68. The van der Waals surface area contributed by atoms with E-state index in [4.69, 9.17) is 5.73 Å². The summed E-state index contributed by atoms with van der Waals surface area (Å²) in [5, 5.41) is 5.29. The second kappa shape index (κ2) is 3.48. The van der Waals surface area contributed by atoms with E-state index in [1.54, 1.807) is 0 Å². The third-order valence-electron chi connectivity index (χ3n) is 1.98. The largest absolute Gasteiger partial charge is 0.453 e. The van der Waals surface area contributed by atoms with E-state index in [-0.39, 0.29) is 11.2 Å². The van der Waals surface area contributed by atoms with E-state index in [0.29, 0.717) is 0 Å². The molecule has 0 aliphatic carbocycles. The molecule has 0 aromatic carbocycles. The molecule has 15 heavy (non-hydrogen) atoms. The molecule has 3 N–H and O–H groups in total. The van der Waals surface area contributed by atoms with Gasteiger partial charge in [-0.15, -0.1) is 5.10 Å². The van der Waals surface area contributed by atoms with Gasteiger partial charge in [0.2, 0.25) is 0 Å². The molecule has 0 saturated carbocycles. The van der Waals surface area contributed by atoms with Crippen LogP contribution in [0.4, 0.5) is 13.2 Å². The number of H-pyrrole nitrogens is 1. The first-order chi connectivity index (χ1) is 6.62. The number of hydrogen-bond acceptors (Lipinski definition) is 3. The lowest BCUT2D eigenvalue weighted by Gasteiger charge is -2.24. The van der Waals surface area contributed by atoms with Crippen LogP contribution in [-0.4, -0.2) is 15.2 Å². The number of hydrogen-bond donors (Lipinski definition) is 2. The average Bonchev–Trinajstić information content (AvgIpc) is 2.47. The lowest BCUT2D eigenvalue weighted by Crippen LogP contribution is -2.27. The number of rotatable bonds is 1. The Hall–Kier alpha value is -1.11. The number of halogens is 3. The van der Waals surface area contributed by atoms with Gasteiger partial charge in [0.15, 0.2) is 0 Å². The van der Waals surface area contributed by atoms with Crippen LogP contribution in [0.1, 0.15) is 38.5 Å². The maximum absolute atomic E-state index is 12.2. The lowest BCUT2D eigenvalue weighted by atomic mass is 9.87. The Labute approximate surface area is 85.1 Å². The van der Waals surface area contributed by atoms with E-state index < -0.39 is 18.0 Å². The molecule has 1 heterocycles. The van der Waals surface area contributed by atoms with Gasteiger partial charge in [0, 0.05) is 0 Å². The molecule has 1 aromatic rings. The molecule has 0 aliphatic rings. The van der Waals surface area contributed by atoms with E-state index in [1.807, 2.05) is 20.8 Å². The van der Waals surface area contributed by atoms with Crippen molar-refractivity contribution in [3.05, 3.63) is 11.6 Å². The van der Waals surface area contributed by atoms with Crippen LogP contribution in [0.15, 0.2) is 0 Å². The molecule has 86 valence electrons.